The first kappa shape index (κ1) is 14.2. The quantitative estimate of drug-likeness (QED) is 0.316. The van der Waals surface area contributed by atoms with E-state index in [1.807, 2.05) is 0 Å². The molecule has 0 aliphatic rings. The SMILES string of the molecule is CCC(C)N(CC)C(=NCC(C)C)NN. The number of rotatable bonds is 5. The molecule has 0 aliphatic carbocycles. The second kappa shape index (κ2) is 7.51. The Hall–Kier alpha value is -0.770. The predicted octanol–water partition coefficient (Wildman–Crippen LogP) is 1.58. The first-order chi connectivity index (χ1) is 7.06. The molecule has 4 nitrogen and oxygen atoms in total. The van der Waals surface area contributed by atoms with Gasteiger partial charge >= 0.3 is 0 Å². The molecule has 0 spiro atoms. The molecule has 0 amide bonds. The van der Waals surface area contributed by atoms with Gasteiger partial charge in [0.05, 0.1) is 0 Å². The highest BCUT2D eigenvalue weighted by atomic mass is 15.4. The van der Waals surface area contributed by atoms with Crippen molar-refractivity contribution in [3.05, 3.63) is 0 Å². The van der Waals surface area contributed by atoms with E-state index in [4.69, 9.17) is 5.84 Å². The lowest BCUT2D eigenvalue weighted by Crippen LogP contribution is -2.48. The molecule has 0 aromatic carbocycles. The molecule has 0 bridgehead atoms. The number of hydrogen-bond acceptors (Lipinski definition) is 2. The maximum absolute atomic E-state index is 5.51. The van der Waals surface area contributed by atoms with Crippen LogP contribution in [0.25, 0.3) is 0 Å². The monoisotopic (exact) mass is 214 g/mol. The number of guanidine groups is 1. The number of aliphatic imine (C=N–C) groups is 1. The third kappa shape index (κ3) is 5.02. The summed E-state index contributed by atoms with van der Waals surface area (Å²) in [6.07, 6.45) is 1.09. The predicted molar refractivity (Wildman–Crippen MR) is 66.6 cm³/mol. The van der Waals surface area contributed by atoms with E-state index in [0.717, 1.165) is 25.5 Å². The molecule has 1 atom stereocenters. The summed E-state index contributed by atoms with van der Waals surface area (Å²) in [7, 11) is 0. The molecule has 90 valence electrons. The second-order valence-corrected chi connectivity index (χ2v) is 4.25. The summed E-state index contributed by atoms with van der Waals surface area (Å²) in [5.74, 6) is 6.87. The van der Waals surface area contributed by atoms with E-state index in [9.17, 15) is 0 Å². The molecule has 0 aromatic heterocycles. The summed E-state index contributed by atoms with van der Waals surface area (Å²) < 4.78 is 0. The minimum atomic E-state index is 0.469. The van der Waals surface area contributed by atoms with Crippen LogP contribution in [-0.2, 0) is 0 Å². The summed E-state index contributed by atoms with van der Waals surface area (Å²) in [6.45, 7) is 12.5. The lowest BCUT2D eigenvalue weighted by Gasteiger charge is -2.30. The van der Waals surface area contributed by atoms with Gasteiger partial charge < -0.3 is 4.90 Å². The Balaban J connectivity index is 4.52. The summed E-state index contributed by atoms with van der Waals surface area (Å²) >= 11 is 0. The van der Waals surface area contributed by atoms with Gasteiger partial charge in [-0.2, -0.15) is 0 Å². The first-order valence-corrected chi connectivity index (χ1v) is 5.84. The van der Waals surface area contributed by atoms with E-state index in [-0.39, 0.29) is 0 Å². The minimum Gasteiger partial charge on any atom is -0.340 e. The highest BCUT2D eigenvalue weighted by molar-refractivity contribution is 5.79. The number of hydrazine groups is 1. The first-order valence-electron chi connectivity index (χ1n) is 5.84. The molecular formula is C11H26N4. The van der Waals surface area contributed by atoms with E-state index in [0.29, 0.717) is 12.0 Å². The lowest BCUT2D eigenvalue weighted by atomic mass is 10.2. The van der Waals surface area contributed by atoms with Crippen molar-refractivity contribution in [1.29, 1.82) is 0 Å². The van der Waals surface area contributed by atoms with Crippen LogP contribution in [0.3, 0.4) is 0 Å². The summed E-state index contributed by atoms with van der Waals surface area (Å²) in [5, 5.41) is 0. The Morgan fingerprint density at radius 2 is 1.93 bits per heavy atom. The van der Waals surface area contributed by atoms with Crippen molar-refractivity contribution in [3.63, 3.8) is 0 Å². The molecule has 0 aromatic rings. The average molecular weight is 214 g/mol. The molecule has 3 N–H and O–H groups in total. The molecule has 0 rings (SSSR count). The van der Waals surface area contributed by atoms with Crippen LogP contribution in [0.15, 0.2) is 4.99 Å². The van der Waals surface area contributed by atoms with Crippen LogP contribution in [-0.4, -0.2) is 30.0 Å². The van der Waals surface area contributed by atoms with Crippen molar-refractivity contribution < 1.29 is 0 Å². The number of nitrogens with two attached hydrogens (primary N) is 1. The lowest BCUT2D eigenvalue weighted by molar-refractivity contribution is 0.324. The highest BCUT2D eigenvalue weighted by Gasteiger charge is 2.13. The zero-order valence-corrected chi connectivity index (χ0v) is 10.7. The van der Waals surface area contributed by atoms with Gasteiger partial charge in [0.2, 0.25) is 5.96 Å². The summed E-state index contributed by atoms with van der Waals surface area (Å²) in [5.41, 5.74) is 2.70. The smallest absolute Gasteiger partial charge is 0.208 e. The van der Waals surface area contributed by atoms with Crippen LogP contribution in [0, 0.1) is 5.92 Å². The van der Waals surface area contributed by atoms with E-state index in [1.165, 1.54) is 0 Å². The molecule has 0 saturated carbocycles. The molecular weight excluding hydrogens is 188 g/mol. The van der Waals surface area contributed by atoms with Crippen molar-refractivity contribution in [2.45, 2.75) is 47.1 Å². The fourth-order valence-corrected chi connectivity index (χ4v) is 1.38. The van der Waals surface area contributed by atoms with Crippen LogP contribution in [0.5, 0.6) is 0 Å². The molecule has 0 heterocycles. The Labute approximate surface area is 93.9 Å². The van der Waals surface area contributed by atoms with Crippen LogP contribution in [0.4, 0.5) is 0 Å². The average Bonchev–Trinajstić information content (AvgIpc) is 2.22. The van der Waals surface area contributed by atoms with E-state index < -0.39 is 0 Å². The molecule has 1 unspecified atom stereocenters. The third-order valence-electron chi connectivity index (χ3n) is 2.47. The molecule has 0 radical (unpaired) electrons. The molecule has 4 heteroatoms. The largest absolute Gasteiger partial charge is 0.340 e. The normalized spacial score (nSPS) is 14.2. The van der Waals surface area contributed by atoms with Gasteiger partial charge in [-0.1, -0.05) is 20.8 Å². The summed E-state index contributed by atoms with van der Waals surface area (Å²) in [6, 6.07) is 0.469. The van der Waals surface area contributed by atoms with Gasteiger partial charge in [0.1, 0.15) is 0 Å². The fourth-order valence-electron chi connectivity index (χ4n) is 1.38. The van der Waals surface area contributed by atoms with Crippen LogP contribution in [0.1, 0.15) is 41.0 Å². The molecule has 0 saturated heterocycles. The third-order valence-corrected chi connectivity index (χ3v) is 2.47. The van der Waals surface area contributed by atoms with Crippen LogP contribution in [0.2, 0.25) is 0 Å². The minimum absolute atomic E-state index is 0.469. The van der Waals surface area contributed by atoms with Gasteiger partial charge in [-0.05, 0) is 26.2 Å². The maximum Gasteiger partial charge on any atom is 0.208 e. The number of nitrogens with zero attached hydrogens (tertiary/aromatic N) is 2. The van der Waals surface area contributed by atoms with E-state index in [1.54, 1.807) is 0 Å². The molecule has 0 aliphatic heterocycles. The standard InChI is InChI=1S/C11H26N4/c1-6-10(5)15(7-2)11(14-12)13-8-9(3)4/h9-10H,6-8,12H2,1-5H3,(H,13,14). The second-order valence-electron chi connectivity index (χ2n) is 4.25. The zero-order valence-electron chi connectivity index (χ0n) is 10.7. The highest BCUT2D eigenvalue weighted by Crippen LogP contribution is 2.04. The van der Waals surface area contributed by atoms with Crippen molar-refractivity contribution in [2.75, 3.05) is 13.1 Å². The van der Waals surface area contributed by atoms with Gasteiger partial charge in [-0.25, -0.2) is 5.84 Å². The van der Waals surface area contributed by atoms with Gasteiger partial charge in [0, 0.05) is 19.1 Å². The Kier molecular flexibility index (Phi) is 7.13. The van der Waals surface area contributed by atoms with Crippen LogP contribution < -0.4 is 11.3 Å². The zero-order chi connectivity index (χ0) is 11.8. The van der Waals surface area contributed by atoms with E-state index >= 15 is 0 Å². The number of nitrogens with one attached hydrogen (secondary N) is 1. The fraction of sp³-hybridized carbons (Fsp3) is 0.909. The van der Waals surface area contributed by atoms with Gasteiger partial charge in [0.25, 0.3) is 0 Å². The van der Waals surface area contributed by atoms with Gasteiger partial charge in [-0.3, -0.25) is 10.4 Å². The maximum atomic E-state index is 5.51. The Bertz CT molecular complexity index is 189. The van der Waals surface area contributed by atoms with Crippen molar-refractivity contribution >= 4 is 5.96 Å². The Morgan fingerprint density at radius 3 is 2.27 bits per heavy atom. The van der Waals surface area contributed by atoms with Crippen LogP contribution >= 0.6 is 0 Å². The number of hydrogen-bond donors (Lipinski definition) is 2. The van der Waals surface area contributed by atoms with Crippen molar-refractivity contribution in [2.24, 2.45) is 16.8 Å². The van der Waals surface area contributed by atoms with Crippen molar-refractivity contribution in [1.82, 2.24) is 10.3 Å². The van der Waals surface area contributed by atoms with Gasteiger partial charge in [0.15, 0.2) is 0 Å². The molecule has 15 heavy (non-hydrogen) atoms. The molecule has 0 fully saturated rings. The summed E-state index contributed by atoms with van der Waals surface area (Å²) in [4.78, 5) is 6.69. The van der Waals surface area contributed by atoms with E-state index in [2.05, 4.69) is 49.9 Å². The topological polar surface area (TPSA) is 53.6 Å². The van der Waals surface area contributed by atoms with Gasteiger partial charge in [-0.15, -0.1) is 0 Å². The van der Waals surface area contributed by atoms with Crippen molar-refractivity contribution in [3.8, 4) is 0 Å². The Morgan fingerprint density at radius 1 is 1.33 bits per heavy atom.